The van der Waals surface area contributed by atoms with E-state index in [1.807, 2.05) is 0 Å². The highest BCUT2D eigenvalue weighted by Crippen LogP contribution is 2.29. The van der Waals surface area contributed by atoms with E-state index >= 15 is 0 Å². The number of aliphatic carboxylic acids is 1. The molecule has 0 aromatic rings. The first kappa shape index (κ1) is 9.49. The summed E-state index contributed by atoms with van der Waals surface area (Å²) in [5.41, 5.74) is 0. The lowest BCUT2D eigenvalue weighted by molar-refractivity contribution is -0.137. The summed E-state index contributed by atoms with van der Waals surface area (Å²) in [6, 6.07) is 0. The van der Waals surface area contributed by atoms with E-state index in [0.29, 0.717) is 25.2 Å². The first-order valence-electron chi connectivity index (χ1n) is 4.54. The molecule has 0 spiro atoms. The van der Waals surface area contributed by atoms with E-state index in [9.17, 15) is 9.18 Å². The maximum absolute atomic E-state index is 12.8. The molecule has 0 aromatic heterocycles. The monoisotopic (exact) mass is 174 g/mol. The van der Waals surface area contributed by atoms with Crippen molar-refractivity contribution in [2.24, 2.45) is 5.92 Å². The van der Waals surface area contributed by atoms with Gasteiger partial charge < -0.3 is 5.11 Å². The fourth-order valence-corrected chi connectivity index (χ4v) is 1.82. The average molecular weight is 174 g/mol. The van der Waals surface area contributed by atoms with E-state index in [-0.39, 0.29) is 6.42 Å². The molecule has 1 rings (SSSR count). The van der Waals surface area contributed by atoms with Gasteiger partial charge in [-0.2, -0.15) is 0 Å². The molecule has 2 unspecified atom stereocenters. The van der Waals surface area contributed by atoms with Crippen LogP contribution in [0.2, 0.25) is 0 Å². The molecule has 2 nitrogen and oxygen atoms in total. The molecule has 1 saturated carbocycles. The number of carboxylic acids is 1. The number of carboxylic acid groups (broad SMARTS) is 1. The van der Waals surface area contributed by atoms with Gasteiger partial charge in [0.05, 0.1) is 0 Å². The highest BCUT2D eigenvalue weighted by Gasteiger charge is 2.21. The lowest BCUT2D eigenvalue weighted by Crippen LogP contribution is -2.17. The minimum Gasteiger partial charge on any atom is -0.481 e. The predicted octanol–water partition coefficient (Wildman–Crippen LogP) is 2.38. The van der Waals surface area contributed by atoms with Crippen LogP contribution in [0.3, 0.4) is 0 Å². The molecule has 0 heterocycles. The topological polar surface area (TPSA) is 37.3 Å². The van der Waals surface area contributed by atoms with Crippen LogP contribution < -0.4 is 0 Å². The van der Waals surface area contributed by atoms with Crippen LogP contribution in [-0.4, -0.2) is 17.2 Å². The van der Waals surface area contributed by atoms with Crippen molar-refractivity contribution in [1.29, 1.82) is 0 Å². The van der Waals surface area contributed by atoms with Crippen LogP contribution >= 0.6 is 0 Å². The highest BCUT2D eigenvalue weighted by atomic mass is 19.1. The molecule has 0 bridgehead atoms. The molecule has 2 atom stereocenters. The number of hydrogen-bond donors (Lipinski definition) is 1. The van der Waals surface area contributed by atoms with Crippen LogP contribution in [0.15, 0.2) is 0 Å². The van der Waals surface area contributed by atoms with Crippen molar-refractivity contribution in [3.05, 3.63) is 0 Å². The fraction of sp³-hybridized carbons (Fsp3) is 0.889. The third kappa shape index (κ3) is 3.20. The SMILES string of the molecule is O=C(O)CCC1CCCC(F)C1. The standard InChI is InChI=1S/C9H15FO2/c10-8-3-1-2-7(6-8)4-5-9(11)12/h7-8H,1-6H2,(H,11,12). The summed E-state index contributed by atoms with van der Waals surface area (Å²) in [6.45, 7) is 0. The number of carbonyl (C=O) groups is 1. The van der Waals surface area contributed by atoms with Crippen LogP contribution in [0.25, 0.3) is 0 Å². The Balaban J connectivity index is 2.18. The quantitative estimate of drug-likeness (QED) is 0.713. The first-order chi connectivity index (χ1) is 5.68. The van der Waals surface area contributed by atoms with Crippen LogP contribution in [0.4, 0.5) is 4.39 Å². The zero-order valence-electron chi connectivity index (χ0n) is 7.13. The van der Waals surface area contributed by atoms with Crippen molar-refractivity contribution in [2.75, 3.05) is 0 Å². The second-order valence-electron chi connectivity index (χ2n) is 3.56. The van der Waals surface area contributed by atoms with Crippen molar-refractivity contribution in [3.63, 3.8) is 0 Å². The smallest absolute Gasteiger partial charge is 0.303 e. The van der Waals surface area contributed by atoms with Gasteiger partial charge in [0.25, 0.3) is 0 Å². The van der Waals surface area contributed by atoms with E-state index in [1.165, 1.54) is 0 Å². The van der Waals surface area contributed by atoms with E-state index in [1.54, 1.807) is 0 Å². The van der Waals surface area contributed by atoms with Crippen LogP contribution in [0.5, 0.6) is 0 Å². The van der Waals surface area contributed by atoms with Gasteiger partial charge in [0.1, 0.15) is 6.17 Å². The Morgan fingerprint density at radius 1 is 1.50 bits per heavy atom. The third-order valence-electron chi connectivity index (χ3n) is 2.49. The Morgan fingerprint density at radius 2 is 2.25 bits per heavy atom. The molecule has 1 N–H and O–H groups in total. The van der Waals surface area contributed by atoms with Gasteiger partial charge in [0.15, 0.2) is 0 Å². The molecule has 1 fully saturated rings. The third-order valence-corrected chi connectivity index (χ3v) is 2.49. The molecule has 3 heteroatoms. The highest BCUT2D eigenvalue weighted by molar-refractivity contribution is 5.66. The molecule has 0 radical (unpaired) electrons. The number of rotatable bonds is 3. The van der Waals surface area contributed by atoms with Gasteiger partial charge >= 0.3 is 5.97 Å². The molecule has 0 aliphatic heterocycles. The molecular weight excluding hydrogens is 159 g/mol. The zero-order chi connectivity index (χ0) is 8.97. The van der Waals surface area contributed by atoms with E-state index in [2.05, 4.69) is 0 Å². The summed E-state index contributed by atoms with van der Waals surface area (Å²) in [4.78, 5) is 10.2. The van der Waals surface area contributed by atoms with E-state index in [4.69, 9.17) is 5.11 Å². The number of halogens is 1. The van der Waals surface area contributed by atoms with Gasteiger partial charge in [-0.3, -0.25) is 4.79 Å². The number of alkyl halides is 1. The van der Waals surface area contributed by atoms with Crippen LogP contribution in [0.1, 0.15) is 38.5 Å². The van der Waals surface area contributed by atoms with Gasteiger partial charge in [-0.25, -0.2) is 4.39 Å². The van der Waals surface area contributed by atoms with Crippen molar-refractivity contribution in [3.8, 4) is 0 Å². The van der Waals surface area contributed by atoms with Crippen molar-refractivity contribution < 1.29 is 14.3 Å². The minimum atomic E-state index is -0.768. The molecule has 0 aromatic carbocycles. The summed E-state index contributed by atoms with van der Waals surface area (Å²) in [5, 5.41) is 8.42. The lowest BCUT2D eigenvalue weighted by Gasteiger charge is -2.23. The fourth-order valence-electron chi connectivity index (χ4n) is 1.82. The molecule has 0 amide bonds. The van der Waals surface area contributed by atoms with Crippen molar-refractivity contribution in [1.82, 2.24) is 0 Å². The number of hydrogen-bond acceptors (Lipinski definition) is 1. The van der Waals surface area contributed by atoms with Gasteiger partial charge in [0, 0.05) is 6.42 Å². The second-order valence-corrected chi connectivity index (χ2v) is 3.56. The summed E-state index contributed by atoms with van der Waals surface area (Å²) in [6.07, 6.45) is 3.33. The second kappa shape index (κ2) is 4.43. The zero-order valence-corrected chi connectivity index (χ0v) is 7.13. The van der Waals surface area contributed by atoms with Gasteiger partial charge in [-0.05, 0) is 25.2 Å². The molecule has 0 saturated heterocycles. The molecule has 1 aliphatic carbocycles. The molecule has 70 valence electrons. The van der Waals surface area contributed by atoms with Crippen molar-refractivity contribution >= 4 is 5.97 Å². The van der Waals surface area contributed by atoms with Gasteiger partial charge in [-0.15, -0.1) is 0 Å². The lowest BCUT2D eigenvalue weighted by atomic mass is 9.85. The Bertz CT molecular complexity index is 159. The Morgan fingerprint density at radius 3 is 2.83 bits per heavy atom. The maximum Gasteiger partial charge on any atom is 0.303 e. The molecule has 1 aliphatic rings. The van der Waals surface area contributed by atoms with E-state index in [0.717, 1.165) is 12.8 Å². The average Bonchev–Trinajstić information content (AvgIpc) is 2.01. The van der Waals surface area contributed by atoms with Crippen LogP contribution in [0, 0.1) is 5.92 Å². The van der Waals surface area contributed by atoms with Crippen LogP contribution in [-0.2, 0) is 4.79 Å². The Kier molecular flexibility index (Phi) is 3.50. The largest absolute Gasteiger partial charge is 0.481 e. The predicted molar refractivity (Wildman–Crippen MR) is 43.7 cm³/mol. The minimum absolute atomic E-state index is 0.192. The Hall–Kier alpha value is -0.600. The van der Waals surface area contributed by atoms with Gasteiger partial charge in [-0.1, -0.05) is 12.8 Å². The van der Waals surface area contributed by atoms with E-state index < -0.39 is 12.1 Å². The maximum atomic E-state index is 12.8. The molecular formula is C9H15FO2. The Labute approximate surface area is 71.8 Å². The van der Waals surface area contributed by atoms with Crippen molar-refractivity contribution in [2.45, 2.75) is 44.7 Å². The summed E-state index contributed by atoms with van der Waals surface area (Å²) < 4.78 is 12.8. The normalized spacial score (nSPS) is 30.1. The first-order valence-corrected chi connectivity index (χ1v) is 4.54. The van der Waals surface area contributed by atoms with Gasteiger partial charge in [0.2, 0.25) is 0 Å². The summed E-state index contributed by atoms with van der Waals surface area (Å²) in [5.74, 6) is -0.458. The summed E-state index contributed by atoms with van der Waals surface area (Å²) >= 11 is 0. The molecule has 12 heavy (non-hydrogen) atoms. The summed E-state index contributed by atoms with van der Waals surface area (Å²) in [7, 11) is 0.